The molecule has 0 amide bonds. The maximum Gasteiger partial charge on any atom is 0.141 e. The highest BCUT2D eigenvalue weighted by molar-refractivity contribution is 5.91. The average Bonchev–Trinajstić information content (AvgIpc) is 2.87. The Morgan fingerprint density at radius 3 is 2.44 bits per heavy atom. The molecule has 0 saturated carbocycles. The maximum absolute atomic E-state index is 10.8. The van der Waals surface area contributed by atoms with Crippen LogP contribution < -0.4 is 5.32 Å². The molecule has 1 aliphatic rings. The molecule has 3 aromatic carbocycles. The number of piperidine rings is 1. The van der Waals surface area contributed by atoms with Gasteiger partial charge in [0.1, 0.15) is 17.7 Å². The summed E-state index contributed by atoms with van der Waals surface area (Å²) in [5.41, 5.74) is 4.29. The van der Waals surface area contributed by atoms with E-state index in [4.69, 9.17) is 0 Å². The van der Waals surface area contributed by atoms with Crippen molar-refractivity contribution < 1.29 is 5.11 Å². The van der Waals surface area contributed by atoms with Gasteiger partial charge >= 0.3 is 0 Å². The van der Waals surface area contributed by atoms with E-state index in [1.165, 1.54) is 11.1 Å². The fourth-order valence-corrected chi connectivity index (χ4v) is 4.21. The summed E-state index contributed by atoms with van der Waals surface area (Å²) in [5.74, 6) is 7.03. The Labute approximate surface area is 200 Å². The monoisotopic (exact) mass is 448 g/mol. The van der Waals surface area contributed by atoms with Crippen LogP contribution in [-0.4, -0.2) is 45.7 Å². The Morgan fingerprint density at radius 1 is 0.941 bits per heavy atom. The summed E-state index contributed by atoms with van der Waals surface area (Å²) in [6.45, 7) is 1.71. The second-order valence-electron chi connectivity index (χ2n) is 9.02. The van der Waals surface area contributed by atoms with Crippen LogP contribution in [-0.2, 0) is 6.42 Å². The smallest absolute Gasteiger partial charge is 0.141 e. The van der Waals surface area contributed by atoms with Gasteiger partial charge < -0.3 is 15.3 Å². The van der Waals surface area contributed by atoms with Crippen molar-refractivity contribution in [3.63, 3.8) is 0 Å². The van der Waals surface area contributed by atoms with Crippen molar-refractivity contribution in [2.45, 2.75) is 24.9 Å². The normalized spacial score (nSPS) is 15.5. The van der Waals surface area contributed by atoms with Crippen LogP contribution in [0.4, 0.5) is 11.5 Å². The topological polar surface area (TPSA) is 61.3 Å². The van der Waals surface area contributed by atoms with Gasteiger partial charge in [-0.15, -0.1) is 0 Å². The summed E-state index contributed by atoms with van der Waals surface area (Å²) in [6.07, 6.45) is 3.81. The molecule has 5 nitrogen and oxygen atoms in total. The van der Waals surface area contributed by atoms with Crippen molar-refractivity contribution in [1.29, 1.82) is 0 Å². The lowest BCUT2D eigenvalue weighted by molar-refractivity contribution is 0.0350. The summed E-state index contributed by atoms with van der Waals surface area (Å²) in [4.78, 5) is 11.1. The van der Waals surface area contributed by atoms with Gasteiger partial charge in [0.25, 0.3) is 0 Å². The van der Waals surface area contributed by atoms with Crippen molar-refractivity contribution in [2.24, 2.45) is 0 Å². The van der Waals surface area contributed by atoms with Crippen LogP contribution in [0.2, 0.25) is 0 Å². The highest BCUT2D eigenvalue weighted by atomic mass is 16.3. The van der Waals surface area contributed by atoms with Crippen LogP contribution in [0.5, 0.6) is 0 Å². The minimum atomic E-state index is -0.919. The van der Waals surface area contributed by atoms with Crippen LogP contribution in [0.1, 0.15) is 29.5 Å². The number of hydrogen-bond acceptors (Lipinski definition) is 5. The van der Waals surface area contributed by atoms with Crippen LogP contribution >= 0.6 is 0 Å². The first-order valence-corrected chi connectivity index (χ1v) is 11.7. The number of hydrogen-bond donors (Lipinski definition) is 2. The first-order valence-electron chi connectivity index (χ1n) is 11.7. The Hall–Kier alpha value is -3.72. The van der Waals surface area contributed by atoms with E-state index in [0.29, 0.717) is 12.8 Å². The van der Waals surface area contributed by atoms with E-state index in [9.17, 15) is 5.11 Å². The van der Waals surface area contributed by atoms with Gasteiger partial charge in [-0.1, -0.05) is 54.3 Å². The molecule has 5 heteroatoms. The molecule has 0 atom stereocenters. The largest absolute Gasteiger partial charge is 0.377 e. The minimum Gasteiger partial charge on any atom is -0.377 e. The van der Waals surface area contributed by atoms with Crippen LogP contribution in [0, 0.1) is 11.8 Å². The highest BCUT2D eigenvalue weighted by Gasteiger charge is 2.28. The van der Waals surface area contributed by atoms with E-state index < -0.39 is 5.60 Å². The Bertz CT molecular complexity index is 1330. The SMILES string of the molecule is CN1CCC(O)(C#Cc2ccc3ncnc(Nc4ccc(Cc5ccccc5)cc4)c3c2)CC1. The molecule has 2 N–H and O–H groups in total. The molecule has 0 unspecified atom stereocenters. The number of fused-ring (bicyclic) bond motifs is 1. The first-order chi connectivity index (χ1) is 16.6. The van der Waals surface area contributed by atoms with E-state index in [-0.39, 0.29) is 0 Å². The van der Waals surface area contributed by atoms with Crippen molar-refractivity contribution in [3.05, 3.63) is 95.8 Å². The standard InChI is InChI=1S/C29H28N4O/c1-33-17-15-29(34,16-18-33)14-13-24-9-12-27-26(20-24)28(31-21-30-27)32-25-10-7-23(8-11-25)19-22-5-3-2-4-6-22/h2-12,20-21,34H,15-19H2,1H3,(H,30,31,32). The first kappa shape index (κ1) is 22.1. The van der Waals surface area contributed by atoms with E-state index in [1.54, 1.807) is 6.33 Å². The van der Waals surface area contributed by atoms with Gasteiger partial charge in [-0.05, 0) is 54.9 Å². The van der Waals surface area contributed by atoms with E-state index in [2.05, 4.69) is 87.6 Å². The van der Waals surface area contributed by atoms with Gasteiger partial charge in [-0.2, -0.15) is 0 Å². The Balaban J connectivity index is 1.35. The lowest BCUT2D eigenvalue weighted by atomic mass is 9.92. The van der Waals surface area contributed by atoms with Crippen molar-refractivity contribution in [2.75, 3.05) is 25.5 Å². The zero-order chi connectivity index (χ0) is 23.4. The number of anilines is 2. The number of likely N-dealkylation sites (tertiary alicyclic amines) is 1. The quantitative estimate of drug-likeness (QED) is 0.440. The predicted octanol–water partition coefficient (Wildman–Crippen LogP) is 4.77. The zero-order valence-electron chi connectivity index (χ0n) is 19.3. The number of rotatable bonds is 4. The van der Waals surface area contributed by atoms with Gasteiger partial charge in [-0.25, -0.2) is 9.97 Å². The van der Waals surface area contributed by atoms with Crippen molar-refractivity contribution in [1.82, 2.24) is 14.9 Å². The molecule has 1 saturated heterocycles. The van der Waals surface area contributed by atoms with Crippen LogP contribution in [0.15, 0.2) is 79.1 Å². The molecule has 0 aliphatic carbocycles. The van der Waals surface area contributed by atoms with Gasteiger partial charge in [0.15, 0.2) is 0 Å². The maximum atomic E-state index is 10.8. The predicted molar refractivity (Wildman–Crippen MR) is 137 cm³/mol. The lowest BCUT2D eigenvalue weighted by Crippen LogP contribution is -2.41. The molecule has 0 radical (unpaired) electrons. The molecule has 1 aliphatic heterocycles. The fraction of sp³-hybridized carbons (Fsp3) is 0.241. The molecule has 34 heavy (non-hydrogen) atoms. The lowest BCUT2D eigenvalue weighted by Gasteiger charge is -2.32. The molecule has 2 heterocycles. The Morgan fingerprint density at radius 2 is 1.68 bits per heavy atom. The minimum absolute atomic E-state index is 0.667. The van der Waals surface area contributed by atoms with Crippen molar-refractivity contribution >= 4 is 22.4 Å². The molecule has 170 valence electrons. The fourth-order valence-electron chi connectivity index (χ4n) is 4.21. The summed E-state index contributed by atoms with van der Waals surface area (Å²) < 4.78 is 0. The molecule has 1 aromatic heterocycles. The van der Waals surface area contributed by atoms with Crippen LogP contribution in [0.3, 0.4) is 0 Å². The molecule has 0 spiro atoms. The number of nitrogens with one attached hydrogen (secondary N) is 1. The molecule has 1 fully saturated rings. The molecule has 4 aromatic rings. The van der Waals surface area contributed by atoms with E-state index in [1.807, 2.05) is 24.3 Å². The highest BCUT2D eigenvalue weighted by Crippen LogP contribution is 2.25. The second-order valence-corrected chi connectivity index (χ2v) is 9.02. The summed E-state index contributed by atoms with van der Waals surface area (Å²) in [5, 5.41) is 15.1. The third kappa shape index (κ3) is 5.26. The molecular weight excluding hydrogens is 420 g/mol. The molecule has 5 rings (SSSR count). The van der Waals surface area contributed by atoms with Crippen molar-refractivity contribution in [3.8, 4) is 11.8 Å². The zero-order valence-corrected chi connectivity index (χ0v) is 19.3. The van der Waals surface area contributed by atoms with Gasteiger partial charge in [-0.3, -0.25) is 0 Å². The molecular formula is C29H28N4O. The third-order valence-electron chi connectivity index (χ3n) is 6.36. The van der Waals surface area contributed by atoms with Gasteiger partial charge in [0.05, 0.1) is 5.52 Å². The third-order valence-corrected chi connectivity index (χ3v) is 6.36. The number of aliphatic hydroxyl groups is 1. The molecule has 0 bridgehead atoms. The second kappa shape index (κ2) is 9.64. The van der Waals surface area contributed by atoms with Gasteiger partial charge in [0, 0.05) is 42.6 Å². The van der Waals surface area contributed by atoms with Crippen LogP contribution in [0.25, 0.3) is 10.9 Å². The van der Waals surface area contributed by atoms with E-state index >= 15 is 0 Å². The number of benzene rings is 3. The summed E-state index contributed by atoms with van der Waals surface area (Å²) >= 11 is 0. The van der Waals surface area contributed by atoms with E-state index in [0.717, 1.165) is 47.5 Å². The van der Waals surface area contributed by atoms with Gasteiger partial charge in [0.2, 0.25) is 0 Å². The summed E-state index contributed by atoms with van der Waals surface area (Å²) in [6, 6.07) is 24.8. The summed E-state index contributed by atoms with van der Waals surface area (Å²) in [7, 11) is 2.07. The number of aromatic nitrogens is 2. The number of nitrogens with zero attached hydrogens (tertiary/aromatic N) is 3. The average molecular weight is 449 g/mol. The Kier molecular flexibility index (Phi) is 6.27.